The summed E-state index contributed by atoms with van der Waals surface area (Å²) < 4.78 is 0. The van der Waals surface area contributed by atoms with Gasteiger partial charge in [-0.25, -0.2) is 0 Å². The summed E-state index contributed by atoms with van der Waals surface area (Å²) in [6.45, 7) is 5.43. The Kier molecular flexibility index (Phi) is 2.93. The smallest absolute Gasteiger partial charge is 0.0984 e. The molecule has 0 aromatic carbocycles. The summed E-state index contributed by atoms with van der Waals surface area (Å²) in [5.74, 6) is 4.49. The van der Waals surface area contributed by atoms with Gasteiger partial charge >= 0.3 is 0 Å². The summed E-state index contributed by atoms with van der Waals surface area (Å²) in [4.78, 5) is 8.23. The van der Waals surface area contributed by atoms with Crippen LogP contribution in [0.15, 0.2) is 0 Å². The summed E-state index contributed by atoms with van der Waals surface area (Å²) in [5, 5.41) is 3.98. The van der Waals surface area contributed by atoms with Gasteiger partial charge in [0.15, 0.2) is 0 Å². The second-order valence-corrected chi connectivity index (χ2v) is 2.36. The summed E-state index contributed by atoms with van der Waals surface area (Å²) in [7, 11) is 0. The van der Waals surface area contributed by atoms with Crippen molar-refractivity contribution in [2.75, 3.05) is 0 Å². The van der Waals surface area contributed by atoms with E-state index in [-0.39, 0.29) is 5.60 Å². The fraction of sp³-hybridized carbons (Fsp3) is 1.00. The van der Waals surface area contributed by atoms with Crippen LogP contribution in [0.25, 0.3) is 0 Å². The zero-order valence-corrected chi connectivity index (χ0v) is 5.30. The van der Waals surface area contributed by atoms with E-state index in [0.29, 0.717) is 0 Å². The highest BCUT2D eigenvalue weighted by molar-refractivity contribution is 4.53. The minimum atomic E-state index is -0.376. The Morgan fingerprint density at radius 1 is 1.25 bits per heavy atom. The zero-order chi connectivity index (χ0) is 6.62. The van der Waals surface area contributed by atoms with Gasteiger partial charge in [-0.1, -0.05) is 0 Å². The zero-order valence-electron chi connectivity index (χ0n) is 5.30. The van der Waals surface area contributed by atoms with E-state index in [2.05, 4.69) is 20.8 Å². The summed E-state index contributed by atoms with van der Waals surface area (Å²) in [5.41, 5.74) is -0.376. The average Bonchev–Trinajstić information content (AvgIpc) is 1.59. The van der Waals surface area contributed by atoms with Crippen LogP contribution in [0.2, 0.25) is 0 Å². The number of hydrogen-bond donors (Lipinski definition) is 1. The van der Waals surface area contributed by atoms with Crippen LogP contribution in [0.4, 0.5) is 0 Å². The molecule has 8 heavy (non-hydrogen) atoms. The van der Waals surface area contributed by atoms with Crippen molar-refractivity contribution in [2.24, 2.45) is 5.90 Å². The molecule has 0 saturated heterocycles. The molecule has 0 aliphatic rings. The number of hydrogen-bond acceptors (Lipinski definition) is 4. The van der Waals surface area contributed by atoms with Gasteiger partial charge in [0.25, 0.3) is 0 Å². The molecule has 0 atom stereocenters. The van der Waals surface area contributed by atoms with Gasteiger partial charge in [0, 0.05) is 0 Å². The first-order chi connectivity index (χ1) is 3.56. The van der Waals surface area contributed by atoms with Crippen LogP contribution in [-0.2, 0) is 14.9 Å². The Bertz CT molecular complexity index is 58.8. The van der Waals surface area contributed by atoms with Crippen molar-refractivity contribution < 1.29 is 14.9 Å². The van der Waals surface area contributed by atoms with E-state index < -0.39 is 0 Å². The van der Waals surface area contributed by atoms with Crippen LogP contribution in [0.1, 0.15) is 20.8 Å². The Labute approximate surface area is 48.3 Å². The third kappa shape index (κ3) is 5.84. The van der Waals surface area contributed by atoms with E-state index in [4.69, 9.17) is 0 Å². The lowest BCUT2D eigenvalue weighted by Gasteiger charge is -2.14. The van der Waals surface area contributed by atoms with E-state index >= 15 is 0 Å². The molecular weight excluding hydrogens is 110 g/mol. The summed E-state index contributed by atoms with van der Waals surface area (Å²) in [6, 6.07) is 0. The highest BCUT2D eigenvalue weighted by Crippen LogP contribution is 2.05. The van der Waals surface area contributed by atoms with E-state index in [1.165, 1.54) is 0 Å². The van der Waals surface area contributed by atoms with Crippen LogP contribution >= 0.6 is 0 Å². The van der Waals surface area contributed by atoms with Crippen molar-refractivity contribution in [3.63, 3.8) is 0 Å². The lowest BCUT2D eigenvalue weighted by Crippen LogP contribution is -2.20. The first-order valence-corrected chi connectivity index (χ1v) is 2.27. The van der Waals surface area contributed by atoms with Crippen LogP contribution in [0.5, 0.6) is 0 Å². The molecule has 0 heterocycles. The van der Waals surface area contributed by atoms with Gasteiger partial charge in [-0.3, -0.25) is 0 Å². The second-order valence-electron chi connectivity index (χ2n) is 2.36. The highest BCUT2D eigenvalue weighted by atomic mass is 17.5. The van der Waals surface area contributed by atoms with Crippen LogP contribution in [0, 0.1) is 0 Å². The normalized spacial score (nSPS) is 12.0. The van der Waals surface area contributed by atoms with Gasteiger partial charge in [-0.15, -0.1) is 4.99 Å². The standard InChI is InChI=1S/C4H11NO3/c1-4(2,3)6-8-7-5/h5H2,1-3H3. The fourth-order valence-electron chi connectivity index (χ4n) is 0.122. The molecular formula is C4H11NO3. The molecule has 0 spiro atoms. The number of nitrogens with two attached hydrogens (primary N) is 1. The minimum Gasteiger partial charge on any atom is -0.199 e. The average molecular weight is 121 g/mol. The minimum absolute atomic E-state index is 0.376. The molecule has 0 aromatic heterocycles. The van der Waals surface area contributed by atoms with Crippen LogP contribution in [0.3, 0.4) is 0 Å². The molecule has 0 rings (SSSR count). The fourth-order valence-corrected chi connectivity index (χ4v) is 0.122. The van der Waals surface area contributed by atoms with Gasteiger partial charge < -0.3 is 0 Å². The van der Waals surface area contributed by atoms with E-state index in [1.807, 2.05) is 20.8 Å². The van der Waals surface area contributed by atoms with Crippen LogP contribution < -0.4 is 5.90 Å². The third-order valence-electron chi connectivity index (χ3n) is 0.323. The molecule has 0 fully saturated rings. The monoisotopic (exact) mass is 121 g/mol. The number of rotatable bonds is 2. The molecule has 0 unspecified atom stereocenters. The van der Waals surface area contributed by atoms with Gasteiger partial charge in [0.2, 0.25) is 0 Å². The maximum atomic E-state index is 4.53. The predicted molar refractivity (Wildman–Crippen MR) is 27.2 cm³/mol. The maximum absolute atomic E-state index is 4.53. The quantitative estimate of drug-likeness (QED) is 0.428. The molecule has 2 N–H and O–H groups in total. The predicted octanol–water partition coefficient (Wildman–Crippen LogP) is 0.538. The highest BCUT2D eigenvalue weighted by Gasteiger charge is 2.10. The lowest BCUT2D eigenvalue weighted by atomic mass is 10.2. The van der Waals surface area contributed by atoms with Crippen LogP contribution in [-0.4, -0.2) is 5.60 Å². The van der Waals surface area contributed by atoms with Gasteiger partial charge in [0.05, 0.1) is 5.60 Å². The molecule has 0 aliphatic carbocycles. The molecule has 50 valence electrons. The van der Waals surface area contributed by atoms with Crippen molar-refractivity contribution in [3.8, 4) is 0 Å². The van der Waals surface area contributed by atoms with Crippen molar-refractivity contribution in [2.45, 2.75) is 26.4 Å². The van der Waals surface area contributed by atoms with Gasteiger partial charge in [0.1, 0.15) is 0 Å². The maximum Gasteiger partial charge on any atom is 0.0984 e. The Balaban J connectivity index is 3.11. The van der Waals surface area contributed by atoms with E-state index in [1.54, 1.807) is 0 Å². The van der Waals surface area contributed by atoms with Crippen molar-refractivity contribution in [1.29, 1.82) is 0 Å². The van der Waals surface area contributed by atoms with Crippen molar-refractivity contribution >= 4 is 0 Å². The Morgan fingerprint density at radius 3 is 1.88 bits per heavy atom. The van der Waals surface area contributed by atoms with Crippen molar-refractivity contribution in [1.82, 2.24) is 0 Å². The van der Waals surface area contributed by atoms with E-state index in [9.17, 15) is 0 Å². The molecule has 0 saturated carbocycles. The molecule has 4 nitrogen and oxygen atoms in total. The molecule has 4 heteroatoms. The van der Waals surface area contributed by atoms with E-state index in [0.717, 1.165) is 0 Å². The van der Waals surface area contributed by atoms with Gasteiger partial charge in [-0.05, 0) is 25.8 Å². The topological polar surface area (TPSA) is 53.7 Å². The second kappa shape index (κ2) is 2.99. The van der Waals surface area contributed by atoms with Crippen molar-refractivity contribution in [3.05, 3.63) is 0 Å². The largest absolute Gasteiger partial charge is 0.199 e. The molecule has 0 aromatic rings. The molecule has 0 bridgehead atoms. The first-order valence-electron chi connectivity index (χ1n) is 2.27. The Hall–Kier alpha value is -0.160. The molecule has 0 radical (unpaired) electrons. The molecule has 0 amide bonds. The third-order valence-corrected chi connectivity index (χ3v) is 0.323. The summed E-state index contributed by atoms with van der Waals surface area (Å²) in [6.07, 6.45) is 0. The summed E-state index contributed by atoms with van der Waals surface area (Å²) >= 11 is 0. The molecule has 0 aliphatic heterocycles. The van der Waals surface area contributed by atoms with Gasteiger partial charge in [-0.2, -0.15) is 10.8 Å². The SMILES string of the molecule is CC(C)(C)OOON. The lowest BCUT2D eigenvalue weighted by molar-refractivity contribution is -0.541. The Morgan fingerprint density at radius 2 is 1.75 bits per heavy atom. The first kappa shape index (κ1) is 7.84.